The summed E-state index contributed by atoms with van der Waals surface area (Å²) in [5.41, 5.74) is 2.67. The number of nitrogens with zero attached hydrogens (tertiary/aromatic N) is 1. The van der Waals surface area contributed by atoms with Gasteiger partial charge in [0.15, 0.2) is 5.58 Å². The maximum atomic E-state index is 12.1. The van der Waals surface area contributed by atoms with Crippen molar-refractivity contribution in [2.45, 2.75) is 6.42 Å². The van der Waals surface area contributed by atoms with Gasteiger partial charge < -0.3 is 9.73 Å². The average molecular weight is 361 g/mol. The van der Waals surface area contributed by atoms with Crippen LogP contribution < -0.4 is 11.1 Å². The van der Waals surface area contributed by atoms with Crippen LogP contribution in [0.2, 0.25) is 0 Å². The van der Waals surface area contributed by atoms with E-state index >= 15 is 0 Å². The van der Waals surface area contributed by atoms with E-state index in [0.717, 1.165) is 10.0 Å². The van der Waals surface area contributed by atoms with Gasteiger partial charge >= 0.3 is 5.76 Å². The fourth-order valence-corrected chi connectivity index (χ4v) is 2.47. The van der Waals surface area contributed by atoms with E-state index in [1.54, 1.807) is 25.2 Å². The van der Waals surface area contributed by atoms with Crippen LogP contribution in [0, 0.1) is 0 Å². The van der Waals surface area contributed by atoms with Crippen LogP contribution in [0.3, 0.4) is 0 Å². The van der Waals surface area contributed by atoms with Crippen LogP contribution in [-0.4, -0.2) is 10.5 Å². The van der Waals surface area contributed by atoms with Crippen LogP contribution in [-0.2, 0) is 18.3 Å². The van der Waals surface area contributed by atoms with Gasteiger partial charge in [-0.05, 0) is 29.8 Å². The molecular formula is C16H13BrN2O3. The Morgan fingerprint density at radius 3 is 2.68 bits per heavy atom. The van der Waals surface area contributed by atoms with Crippen LogP contribution in [0.1, 0.15) is 5.56 Å². The lowest BCUT2D eigenvalue weighted by molar-refractivity contribution is -0.115. The van der Waals surface area contributed by atoms with Gasteiger partial charge in [0, 0.05) is 23.3 Å². The summed E-state index contributed by atoms with van der Waals surface area (Å²) in [6.45, 7) is 0. The van der Waals surface area contributed by atoms with Gasteiger partial charge in [-0.1, -0.05) is 28.1 Å². The van der Waals surface area contributed by atoms with E-state index in [1.165, 1.54) is 4.57 Å². The highest BCUT2D eigenvalue weighted by atomic mass is 79.9. The minimum Gasteiger partial charge on any atom is -0.408 e. The minimum atomic E-state index is -0.423. The Morgan fingerprint density at radius 1 is 1.23 bits per heavy atom. The predicted octanol–water partition coefficient (Wildman–Crippen LogP) is 3.08. The molecule has 22 heavy (non-hydrogen) atoms. The first-order valence-corrected chi connectivity index (χ1v) is 7.46. The Labute approximate surface area is 134 Å². The summed E-state index contributed by atoms with van der Waals surface area (Å²) in [7, 11) is 1.64. The van der Waals surface area contributed by atoms with E-state index in [-0.39, 0.29) is 12.3 Å². The van der Waals surface area contributed by atoms with Gasteiger partial charge in [-0.3, -0.25) is 9.36 Å². The number of aryl methyl sites for hydroxylation is 1. The van der Waals surface area contributed by atoms with E-state index in [2.05, 4.69) is 21.2 Å². The highest BCUT2D eigenvalue weighted by molar-refractivity contribution is 9.10. The Balaban J connectivity index is 1.76. The molecule has 112 valence electrons. The van der Waals surface area contributed by atoms with E-state index in [4.69, 9.17) is 4.42 Å². The molecule has 0 unspecified atom stereocenters. The Morgan fingerprint density at radius 2 is 1.95 bits per heavy atom. The van der Waals surface area contributed by atoms with Crippen molar-refractivity contribution in [3.8, 4) is 0 Å². The number of carbonyl (C=O) groups excluding carboxylic acids is 1. The fraction of sp³-hybridized carbons (Fsp3) is 0.125. The number of amides is 1. The molecule has 1 aromatic heterocycles. The zero-order valence-electron chi connectivity index (χ0n) is 11.8. The second-order valence-corrected chi connectivity index (χ2v) is 5.88. The molecule has 1 amide bonds. The van der Waals surface area contributed by atoms with Crippen molar-refractivity contribution in [1.29, 1.82) is 0 Å². The maximum absolute atomic E-state index is 12.1. The molecule has 0 aliphatic rings. The lowest BCUT2D eigenvalue weighted by atomic mass is 10.1. The molecule has 0 aliphatic heterocycles. The quantitative estimate of drug-likeness (QED) is 0.780. The number of benzene rings is 2. The normalized spacial score (nSPS) is 10.8. The first kappa shape index (κ1) is 14.6. The second-order valence-electron chi connectivity index (χ2n) is 4.96. The van der Waals surface area contributed by atoms with Crippen molar-refractivity contribution in [2.75, 3.05) is 5.32 Å². The van der Waals surface area contributed by atoms with Crippen molar-refractivity contribution in [3.05, 3.63) is 63.1 Å². The van der Waals surface area contributed by atoms with E-state index in [9.17, 15) is 9.59 Å². The van der Waals surface area contributed by atoms with Crippen LogP contribution in [0.15, 0.2) is 56.1 Å². The molecule has 1 heterocycles. The molecule has 3 aromatic rings. The third-order valence-corrected chi connectivity index (χ3v) is 3.88. The lowest BCUT2D eigenvalue weighted by Gasteiger charge is -2.05. The highest BCUT2D eigenvalue weighted by Crippen LogP contribution is 2.18. The van der Waals surface area contributed by atoms with Crippen LogP contribution in [0.4, 0.5) is 5.69 Å². The van der Waals surface area contributed by atoms with Gasteiger partial charge in [0.05, 0.1) is 11.9 Å². The molecule has 2 aromatic carbocycles. The number of hydrogen-bond acceptors (Lipinski definition) is 3. The summed E-state index contributed by atoms with van der Waals surface area (Å²) >= 11 is 3.36. The van der Waals surface area contributed by atoms with Gasteiger partial charge in [-0.25, -0.2) is 4.79 Å². The number of rotatable bonds is 3. The maximum Gasteiger partial charge on any atom is 0.419 e. The average Bonchev–Trinajstić information content (AvgIpc) is 2.76. The predicted molar refractivity (Wildman–Crippen MR) is 87.9 cm³/mol. The van der Waals surface area contributed by atoms with E-state index < -0.39 is 5.76 Å². The smallest absolute Gasteiger partial charge is 0.408 e. The molecule has 3 rings (SSSR count). The number of halogens is 1. The van der Waals surface area contributed by atoms with Gasteiger partial charge in [-0.2, -0.15) is 0 Å². The Kier molecular flexibility index (Phi) is 3.85. The van der Waals surface area contributed by atoms with Crippen LogP contribution in [0.5, 0.6) is 0 Å². The first-order chi connectivity index (χ1) is 10.5. The molecule has 0 fully saturated rings. The highest BCUT2D eigenvalue weighted by Gasteiger charge is 2.09. The summed E-state index contributed by atoms with van der Waals surface area (Å²) in [4.78, 5) is 23.5. The summed E-state index contributed by atoms with van der Waals surface area (Å²) in [5.74, 6) is -0.548. The van der Waals surface area contributed by atoms with Crippen molar-refractivity contribution in [3.63, 3.8) is 0 Å². The molecule has 6 heteroatoms. The molecule has 0 saturated heterocycles. The van der Waals surface area contributed by atoms with Gasteiger partial charge in [0.2, 0.25) is 5.91 Å². The summed E-state index contributed by atoms with van der Waals surface area (Å²) < 4.78 is 7.50. The molecule has 0 aliphatic carbocycles. The zero-order valence-corrected chi connectivity index (χ0v) is 13.4. The molecule has 5 nitrogen and oxygen atoms in total. The summed E-state index contributed by atoms with van der Waals surface area (Å²) in [6, 6.07) is 12.7. The van der Waals surface area contributed by atoms with Crippen molar-refractivity contribution < 1.29 is 9.21 Å². The molecule has 0 saturated carbocycles. The number of oxazole rings is 1. The van der Waals surface area contributed by atoms with Crippen molar-refractivity contribution in [1.82, 2.24) is 4.57 Å². The molecule has 1 N–H and O–H groups in total. The number of fused-ring (bicyclic) bond motifs is 1. The number of nitrogens with one attached hydrogen (secondary N) is 1. The molecule has 0 bridgehead atoms. The monoisotopic (exact) mass is 360 g/mol. The number of anilines is 1. The standard InChI is InChI=1S/C16H13BrN2O3/c1-19-13-7-6-12(9-14(13)22-16(19)21)18-15(20)8-10-2-4-11(17)5-3-10/h2-7,9H,8H2,1H3,(H,18,20). The topological polar surface area (TPSA) is 64.2 Å². The number of hydrogen-bond donors (Lipinski definition) is 1. The van der Waals surface area contributed by atoms with Gasteiger partial charge in [0.1, 0.15) is 0 Å². The van der Waals surface area contributed by atoms with Crippen molar-refractivity contribution in [2.24, 2.45) is 7.05 Å². The number of carbonyl (C=O) groups is 1. The number of aromatic nitrogens is 1. The lowest BCUT2D eigenvalue weighted by Crippen LogP contribution is -2.14. The Hall–Kier alpha value is -2.34. The summed E-state index contributed by atoms with van der Waals surface area (Å²) in [6.07, 6.45) is 0.282. The van der Waals surface area contributed by atoms with E-state index in [1.807, 2.05) is 24.3 Å². The van der Waals surface area contributed by atoms with Gasteiger partial charge in [-0.15, -0.1) is 0 Å². The fourth-order valence-electron chi connectivity index (χ4n) is 2.20. The SMILES string of the molecule is Cn1c(=O)oc2cc(NC(=O)Cc3ccc(Br)cc3)ccc21. The zero-order chi connectivity index (χ0) is 15.7. The molecule has 0 atom stereocenters. The van der Waals surface area contributed by atoms with Crippen LogP contribution in [0.25, 0.3) is 11.1 Å². The third kappa shape index (κ3) is 2.96. The first-order valence-electron chi connectivity index (χ1n) is 6.67. The largest absolute Gasteiger partial charge is 0.419 e. The van der Waals surface area contributed by atoms with Crippen molar-refractivity contribution >= 4 is 38.6 Å². The molecule has 0 radical (unpaired) electrons. The van der Waals surface area contributed by atoms with Crippen LogP contribution >= 0.6 is 15.9 Å². The summed E-state index contributed by atoms with van der Waals surface area (Å²) in [5, 5.41) is 2.80. The third-order valence-electron chi connectivity index (χ3n) is 3.35. The Bertz CT molecular complexity index is 894. The molecular weight excluding hydrogens is 348 g/mol. The van der Waals surface area contributed by atoms with E-state index in [0.29, 0.717) is 16.8 Å². The minimum absolute atomic E-state index is 0.125. The van der Waals surface area contributed by atoms with Gasteiger partial charge in [0.25, 0.3) is 0 Å². The molecule has 0 spiro atoms. The second kappa shape index (κ2) is 5.81.